The maximum absolute atomic E-state index is 11.5. The Balaban J connectivity index is 2.57. The lowest BCUT2D eigenvalue weighted by molar-refractivity contribution is 0.0929. The van der Waals surface area contributed by atoms with Crippen molar-refractivity contribution in [2.24, 2.45) is 0 Å². The molecule has 15 heavy (non-hydrogen) atoms. The molecule has 0 spiro atoms. The Labute approximate surface area is 88.3 Å². The molecule has 0 aliphatic carbocycles. The Kier molecular flexibility index (Phi) is 4.05. The van der Waals surface area contributed by atoms with Gasteiger partial charge in [0, 0.05) is 12.6 Å². The maximum atomic E-state index is 11.5. The van der Waals surface area contributed by atoms with Gasteiger partial charge in [0.15, 0.2) is 0 Å². The Hall–Kier alpha value is -1.62. The van der Waals surface area contributed by atoms with Crippen LogP contribution >= 0.6 is 0 Å². The summed E-state index contributed by atoms with van der Waals surface area (Å²) >= 11 is 0. The normalized spacial score (nSPS) is 12.1. The van der Waals surface area contributed by atoms with E-state index in [4.69, 9.17) is 10.8 Å². The highest BCUT2D eigenvalue weighted by atomic mass is 16.3. The quantitative estimate of drug-likeness (QED) is 0.659. The van der Waals surface area contributed by atoms with Gasteiger partial charge < -0.3 is 16.2 Å². The maximum Gasteiger partial charge on any atom is 0.270 e. The van der Waals surface area contributed by atoms with E-state index in [-0.39, 0.29) is 18.6 Å². The molecule has 0 fully saturated rings. The summed E-state index contributed by atoms with van der Waals surface area (Å²) in [5.74, 6) is -0.254. The van der Waals surface area contributed by atoms with Gasteiger partial charge in [0.2, 0.25) is 0 Å². The summed E-state index contributed by atoms with van der Waals surface area (Å²) in [4.78, 5) is 15.4. The minimum absolute atomic E-state index is 0.0522. The van der Waals surface area contributed by atoms with Crippen molar-refractivity contribution in [1.29, 1.82) is 0 Å². The van der Waals surface area contributed by atoms with Crippen LogP contribution in [0.2, 0.25) is 0 Å². The van der Waals surface area contributed by atoms with Crippen molar-refractivity contribution >= 4 is 11.6 Å². The number of rotatable bonds is 4. The van der Waals surface area contributed by atoms with Crippen molar-refractivity contribution in [1.82, 2.24) is 10.3 Å². The predicted molar refractivity (Wildman–Crippen MR) is 57.3 cm³/mol. The molecule has 82 valence electrons. The van der Waals surface area contributed by atoms with Crippen LogP contribution in [0.25, 0.3) is 0 Å². The van der Waals surface area contributed by atoms with E-state index in [1.165, 1.54) is 6.20 Å². The Morgan fingerprint density at radius 1 is 1.67 bits per heavy atom. The van der Waals surface area contributed by atoms with E-state index < -0.39 is 0 Å². The van der Waals surface area contributed by atoms with E-state index in [0.29, 0.717) is 17.8 Å². The zero-order valence-corrected chi connectivity index (χ0v) is 8.60. The molecule has 1 rings (SSSR count). The highest BCUT2D eigenvalue weighted by Crippen LogP contribution is 2.01. The van der Waals surface area contributed by atoms with E-state index in [0.717, 1.165) is 0 Å². The molecule has 0 saturated heterocycles. The molecule has 4 N–H and O–H groups in total. The highest BCUT2D eigenvalue weighted by molar-refractivity contribution is 5.92. The van der Waals surface area contributed by atoms with Crippen molar-refractivity contribution in [3.05, 3.63) is 24.0 Å². The SMILES string of the molecule is CC(CCO)NC(=O)c1ccc(N)cn1. The molecule has 1 atom stereocenters. The molecule has 1 amide bonds. The summed E-state index contributed by atoms with van der Waals surface area (Å²) in [7, 11) is 0. The summed E-state index contributed by atoms with van der Waals surface area (Å²) in [6.45, 7) is 1.88. The van der Waals surface area contributed by atoms with Crippen LogP contribution in [0.1, 0.15) is 23.8 Å². The Morgan fingerprint density at radius 3 is 2.93 bits per heavy atom. The molecule has 0 aromatic carbocycles. The fraction of sp³-hybridized carbons (Fsp3) is 0.400. The van der Waals surface area contributed by atoms with Gasteiger partial charge in [0.1, 0.15) is 5.69 Å². The number of hydrogen-bond donors (Lipinski definition) is 3. The van der Waals surface area contributed by atoms with Gasteiger partial charge in [-0.15, -0.1) is 0 Å². The Morgan fingerprint density at radius 2 is 2.40 bits per heavy atom. The standard InChI is InChI=1S/C10H15N3O2/c1-7(4-5-14)13-10(15)9-3-2-8(11)6-12-9/h2-3,6-7,14H,4-5,11H2,1H3,(H,13,15). The molecule has 5 nitrogen and oxygen atoms in total. The fourth-order valence-corrected chi connectivity index (χ4v) is 1.10. The van der Waals surface area contributed by atoms with Crippen LogP contribution in [0.3, 0.4) is 0 Å². The number of nitrogens with zero attached hydrogens (tertiary/aromatic N) is 1. The lowest BCUT2D eigenvalue weighted by Crippen LogP contribution is -2.33. The summed E-state index contributed by atoms with van der Waals surface area (Å²) in [6.07, 6.45) is 1.96. The molecular formula is C10H15N3O2. The van der Waals surface area contributed by atoms with E-state index >= 15 is 0 Å². The zero-order valence-electron chi connectivity index (χ0n) is 8.60. The number of nitrogens with two attached hydrogens (primary N) is 1. The lowest BCUT2D eigenvalue weighted by Gasteiger charge is -2.11. The molecule has 0 bridgehead atoms. The first-order chi connectivity index (χ1) is 7.13. The predicted octanol–water partition coefficient (Wildman–Crippen LogP) is 0.164. The molecule has 5 heteroatoms. The number of carbonyl (C=O) groups is 1. The largest absolute Gasteiger partial charge is 0.397 e. The first-order valence-corrected chi connectivity index (χ1v) is 4.76. The van der Waals surface area contributed by atoms with Crippen LogP contribution in [0.5, 0.6) is 0 Å². The molecule has 1 unspecified atom stereocenters. The first kappa shape index (κ1) is 11.5. The third-order valence-corrected chi connectivity index (χ3v) is 1.96. The van der Waals surface area contributed by atoms with E-state index in [2.05, 4.69) is 10.3 Å². The summed E-state index contributed by atoms with van der Waals surface area (Å²) in [5, 5.41) is 11.4. The van der Waals surface area contributed by atoms with Gasteiger partial charge in [-0.05, 0) is 25.5 Å². The number of anilines is 1. The zero-order chi connectivity index (χ0) is 11.3. The topological polar surface area (TPSA) is 88.2 Å². The minimum Gasteiger partial charge on any atom is -0.397 e. The van der Waals surface area contributed by atoms with Crippen LogP contribution in [-0.2, 0) is 0 Å². The number of aromatic nitrogens is 1. The Bertz CT molecular complexity index is 324. The van der Waals surface area contributed by atoms with E-state index in [1.54, 1.807) is 12.1 Å². The summed E-state index contributed by atoms with van der Waals surface area (Å²) in [6, 6.07) is 3.12. The van der Waals surface area contributed by atoms with Crippen molar-refractivity contribution in [2.45, 2.75) is 19.4 Å². The number of aliphatic hydroxyl groups excluding tert-OH is 1. The number of amides is 1. The minimum atomic E-state index is -0.254. The van der Waals surface area contributed by atoms with Crippen LogP contribution in [0.15, 0.2) is 18.3 Å². The molecule has 0 aliphatic heterocycles. The van der Waals surface area contributed by atoms with Crippen molar-refractivity contribution in [2.75, 3.05) is 12.3 Å². The smallest absolute Gasteiger partial charge is 0.270 e. The number of hydrogen-bond acceptors (Lipinski definition) is 4. The fourth-order valence-electron chi connectivity index (χ4n) is 1.10. The van der Waals surface area contributed by atoms with Crippen LogP contribution in [0, 0.1) is 0 Å². The second-order valence-electron chi connectivity index (χ2n) is 3.36. The molecule has 1 heterocycles. The van der Waals surface area contributed by atoms with Gasteiger partial charge in [-0.2, -0.15) is 0 Å². The monoisotopic (exact) mass is 209 g/mol. The van der Waals surface area contributed by atoms with Gasteiger partial charge >= 0.3 is 0 Å². The molecular weight excluding hydrogens is 194 g/mol. The van der Waals surface area contributed by atoms with Crippen molar-refractivity contribution < 1.29 is 9.90 Å². The molecule has 0 radical (unpaired) electrons. The van der Waals surface area contributed by atoms with Crippen LogP contribution in [-0.4, -0.2) is 28.6 Å². The summed E-state index contributed by atoms with van der Waals surface area (Å²) in [5.41, 5.74) is 6.30. The van der Waals surface area contributed by atoms with Gasteiger partial charge in [0.05, 0.1) is 11.9 Å². The average molecular weight is 209 g/mol. The number of nitrogen functional groups attached to an aromatic ring is 1. The molecule has 0 aliphatic rings. The van der Waals surface area contributed by atoms with Crippen molar-refractivity contribution in [3.8, 4) is 0 Å². The number of aliphatic hydroxyl groups is 1. The van der Waals surface area contributed by atoms with E-state index in [1.807, 2.05) is 6.92 Å². The van der Waals surface area contributed by atoms with E-state index in [9.17, 15) is 4.79 Å². The second kappa shape index (κ2) is 5.31. The van der Waals surface area contributed by atoms with Gasteiger partial charge in [0.25, 0.3) is 5.91 Å². The highest BCUT2D eigenvalue weighted by Gasteiger charge is 2.09. The summed E-state index contributed by atoms with van der Waals surface area (Å²) < 4.78 is 0. The number of carbonyl (C=O) groups excluding carboxylic acids is 1. The molecule has 0 saturated carbocycles. The van der Waals surface area contributed by atoms with Gasteiger partial charge in [-0.25, -0.2) is 4.98 Å². The third-order valence-electron chi connectivity index (χ3n) is 1.96. The lowest BCUT2D eigenvalue weighted by atomic mass is 10.2. The van der Waals surface area contributed by atoms with Gasteiger partial charge in [-0.3, -0.25) is 4.79 Å². The van der Waals surface area contributed by atoms with Crippen LogP contribution in [0.4, 0.5) is 5.69 Å². The average Bonchev–Trinajstić information content (AvgIpc) is 2.18. The van der Waals surface area contributed by atoms with Crippen LogP contribution < -0.4 is 11.1 Å². The molecule has 1 aromatic heterocycles. The first-order valence-electron chi connectivity index (χ1n) is 4.76. The van der Waals surface area contributed by atoms with Crippen molar-refractivity contribution in [3.63, 3.8) is 0 Å². The number of pyridine rings is 1. The second-order valence-corrected chi connectivity index (χ2v) is 3.36. The van der Waals surface area contributed by atoms with Gasteiger partial charge in [-0.1, -0.05) is 0 Å². The number of nitrogens with one attached hydrogen (secondary N) is 1. The molecule has 1 aromatic rings. The third kappa shape index (κ3) is 3.55.